The molecule has 0 saturated carbocycles. The van der Waals surface area contributed by atoms with Crippen LogP contribution in [0.15, 0.2) is 194 Å². The highest BCUT2D eigenvalue weighted by Crippen LogP contribution is 2.59. The Morgan fingerprint density at radius 2 is 1.00 bits per heavy atom. The first-order valence-electron chi connectivity index (χ1n) is 18.3. The summed E-state index contributed by atoms with van der Waals surface area (Å²) in [7, 11) is 0. The molecule has 4 heteroatoms. The van der Waals surface area contributed by atoms with Crippen LogP contribution in [-0.4, -0.2) is 9.55 Å². The molecule has 0 fully saturated rings. The molecule has 0 radical (unpaired) electrons. The van der Waals surface area contributed by atoms with E-state index in [1.165, 1.54) is 27.8 Å². The van der Waals surface area contributed by atoms with Crippen LogP contribution in [0.3, 0.4) is 0 Å². The van der Waals surface area contributed by atoms with Gasteiger partial charge in [0.05, 0.1) is 22.1 Å². The average molecular weight is 693 g/mol. The Labute approximate surface area is 313 Å². The lowest BCUT2D eigenvalue weighted by Crippen LogP contribution is -2.28. The Morgan fingerprint density at radius 1 is 0.407 bits per heavy atom. The fraction of sp³-hybridized carbons (Fsp3) is 0.0200. The molecule has 9 aromatic rings. The molecule has 4 nitrogen and oxygen atoms in total. The molecular formula is C50H32N2O2. The molecule has 0 N–H and O–H groups in total. The maximum absolute atomic E-state index is 6.81. The van der Waals surface area contributed by atoms with Crippen molar-refractivity contribution < 1.29 is 9.47 Å². The SMILES string of the molecule is c1ccc(-c2nc3ccccc3n2-c2ccccc2-c2ccc3c(c2)Oc2cc4c(cc2O3)C(c2ccccc2)(c2ccccc2)c2ccccc2-4)cc1. The molecule has 2 heterocycles. The standard InChI is InChI=1S/C50H32N2O2/c1-4-16-33(17-5-1)49-51-42-25-13-15-27-44(42)52(49)43-26-14-11-22-37(43)34-28-29-45-46(30-34)54-47-31-39-38-23-10-12-24-40(38)50(35-18-6-2-7-19-35,36-20-8-3-9-21-36)41(39)32-48(47)53-45/h1-32H. The highest BCUT2D eigenvalue weighted by molar-refractivity contribution is 5.89. The van der Waals surface area contributed by atoms with Crippen LogP contribution in [0, 0.1) is 0 Å². The van der Waals surface area contributed by atoms with Crippen LogP contribution < -0.4 is 9.47 Å². The van der Waals surface area contributed by atoms with Gasteiger partial charge in [-0.25, -0.2) is 4.98 Å². The van der Waals surface area contributed by atoms with Gasteiger partial charge in [-0.2, -0.15) is 0 Å². The van der Waals surface area contributed by atoms with Crippen LogP contribution in [0.4, 0.5) is 0 Å². The van der Waals surface area contributed by atoms with Gasteiger partial charge in [0.2, 0.25) is 0 Å². The Balaban J connectivity index is 1.05. The fourth-order valence-electron chi connectivity index (χ4n) is 8.65. The van der Waals surface area contributed by atoms with E-state index in [1.807, 2.05) is 18.2 Å². The number of hydrogen-bond acceptors (Lipinski definition) is 3. The molecule has 0 spiro atoms. The number of para-hydroxylation sites is 3. The molecule has 0 atom stereocenters. The third-order valence-corrected chi connectivity index (χ3v) is 11.0. The zero-order valence-electron chi connectivity index (χ0n) is 29.2. The summed E-state index contributed by atoms with van der Waals surface area (Å²) in [6.45, 7) is 0. The second-order valence-corrected chi connectivity index (χ2v) is 13.9. The average Bonchev–Trinajstić information content (AvgIpc) is 3.77. The van der Waals surface area contributed by atoms with Crippen LogP contribution in [0.5, 0.6) is 23.0 Å². The van der Waals surface area contributed by atoms with Crippen molar-refractivity contribution in [3.05, 3.63) is 216 Å². The lowest BCUT2D eigenvalue weighted by molar-refractivity contribution is 0.359. The summed E-state index contributed by atoms with van der Waals surface area (Å²) in [5, 5.41) is 0. The van der Waals surface area contributed by atoms with Gasteiger partial charge in [0.25, 0.3) is 0 Å². The quantitative estimate of drug-likeness (QED) is 0.180. The van der Waals surface area contributed by atoms with E-state index in [1.54, 1.807) is 0 Å². The predicted octanol–water partition coefficient (Wildman–Crippen LogP) is 12.6. The maximum atomic E-state index is 6.81. The Bertz CT molecular complexity index is 2840. The lowest BCUT2D eigenvalue weighted by Gasteiger charge is -2.34. The number of imidazole rings is 1. The number of benzene rings is 8. The van der Waals surface area contributed by atoms with Gasteiger partial charge >= 0.3 is 0 Å². The summed E-state index contributed by atoms with van der Waals surface area (Å²) in [5.74, 6) is 3.66. The first-order chi connectivity index (χ1) is 26.8. The second kappa shape index (κ2) is 11.9. The van der Waals surface area contributed by atoms with Crippen molar-refractivity contribution in [2.24, 2.45) is 0 Å². The molecule has 0 amide bonds. The third-order valence-electron chi connectivity index (χ3n) is 11.0. The molecule has 0 saturated heterocycles. The van der Waals surface area contributed by atoms with Crippen molar-refractivity contribution in [3.63, 3.8) is 0 Å². The zero-order chi connectivity index (χ0) is 35.6. The summed E-state index contributed by atoms with van der Waals surface area (Å²) in [4.78, 5) is 5.10. The number of hydrogen-bond donors (Lipinski definition) is 0. The molecule has 0 bridgehead atoms. The van der Waals surface area contributed by atoms with E-state index in [4.69, 9.17) is 14.5 Å². The summed E-state index contributed by atoms with van der Waals surface area (Å²) < 4.78 is 15.8. The maximum Gasteiger partial charge on any atom is 0.170 e. The molecule has 8 aromatic carbocycles. The van der Waals surface area contributed by atoms with E-state index < -0.39 is 5.41 Å². The molecule has 11 rings (SSSR count). The number of ether oxygens (including phenoxy) is 2. The topological polar surface area (TPSA) is 36.3 Å². The fourth-order valence-corrected chi connectivity index (χ4v) is 8.65. The van der Waals surface area contributed by atoms with Gasteiger partial charge in [0, 0.05) is 11.1 Å². The molecule has 1 aliphatic carbocycles. The monoisotopic (exact) mass is 692 g/mol. The molecule has 254 valence electrons. The molecule has 0 unspecified atom stereocenters. The second-order valence-electron chi connectivity index (χ2n) is 13.9. The van der Waals surface area contributed by atoms with Crippen molar-refractivity contribution in [3.8, 4) is 62.3 Å². The largest absolute Gasteiger partial charge is 0.450 e. The van der Waals surface area contributed by atoms with E-state index in [0.717, 1.165) is 44.8 Å². The summed E-state index contributed by atoms with van der Waals surface area (Å²) in [6, 6.07) is 68.2. The number of fused-ring (bicyclic) bond motifs is 6. The molecule has 2 aliphatic rings. The predicted molar refractivity (Wildman–Crippen MR) is 216 cm³/mol. The van der Waals surface area contributed by atoms with Crippen LogP contribution >= 0.6 is 0 Å². The molecule has 1 aliphatic heterocycles. The van der Waals surface area contributed by atoms with Gasteiger partial charge in [0.15, 0.2) is 23.0 Å². The highest BCUT2D eigenvalue weighted by Gasteiger charge is 2.47. The minimum Gasteiger partial charge on any atom is -0.450 e. The first-order valence-corrected chi connectivity index (χ1v) is 18.3. The third kappa shape index (κ3) is 4.47. The summed E-state index contributed by atoms with van der Waals surface area (Å²) >= 11 is 0. The Morgan fingerprint density at radius 3 is 1.78 bits per heavy atom. The Kier molecular flexibility index (Phi) is 6.73. The normalized spacial score (nSPS) is 13.3. The van der Waals surface area contributed by atoms with Gasteiger partial charge in [0.1, 0.15) is 5.82 Å². The number of nitrogens with zero attached hydrogens (tertiary/aromatic N) is 2. The number of aromatic nitrogens is 2. The zero-order valence-corrected chi connectivity index (χ0v) is 29.2. The molecule has 1 aromatic heterocycles. The van der Waals surface area contributed by atoms with Crippen molar-refractivity contribution in [1.82, 2.24) is 9.55 Å². The van der Waals surface area contributed by atoms with Crippen molar-refractivity contribution >= 4 is 11.0 Å². The van der Waals surface area contributed by atoms with Crippen LogP contribution in [0.1, 0.15) is 22.3 Å². The number of rotatable bonds is 5. The molecular weight excluding hydrogens is 661 g/mol. The first kappa shape index (κ1) is 30.5. The summed E-state index contributed by atoms with van der Waals surface area (Å²) in [5.41, 5.74) is 12.8. The molecule has 54 heavy (non-hydrogen) atoms. The van der Waals surface area contributed by atoms with Crippen LogP contribution in [-0.2, 0) is 5.41 Å². The minimum absolute atomic E-state index is 0.517. The van der Waals surface area contributed by atoms with Gasteiger partial charge in [-0.15, -0.1) is 0 Å². The van der Waals surface area contributed by atoms with E-state index >= 15 is 0 Å². The van der Waals surface area contributed by atoms with E-state index in [-0.39, 0.29) is 0 Å². The lowest BCUT2D eigenvalue weighted by atomic mass is 9.67. The van der Waals surface area contributed by atoms with Crippen molar-refractivity contribution in [1.29, 1.82) is 0 Å². The van der Waals surface area contributed by atoms with Gasteiger partial charge < -0.3 is 9.47 Å². The van der Waals surface area contributed by atoms with E-state index in [9.17, 15) is 0 Å². The minimum atomic E-state index is -0.517. The van der Waals surface area contributed by atoms with Gasteiger partial charge in [-0.3, -0.25) is 4.57 Å². The van der Waals surface area contributed by atoms with E-state index in [0.29, 0.717) is 23.0 Å². The van der Waals surface area contributed by atoms with Crippen LogP contribution in [0.25, 0.3) is 50.4 Å². The van der Waals surface area contributed by atoms with Gasteiger partial charge in [-0.05, 0) is 81.4 Å². The van der Waals surface area contributed by atoms with Gasteiger partial charge in [-0.1, -0.05) is 152 Å². The highest BCUT2D eigenvalue weighted by atomic mass is 16.6. The smallest absolute Gasteiger partial charge is 0.170 e. The van der Waals surface area contributed by atoms with E-state index in [2.05, 4.69) is 180 Å². The van der Waals surface area contributed by atoms with Crippen LogP contribution in [0.2, 0.25) is 0 Å². The summed E-state index contributed by atoms with van der Waals surface area (Å²) in [6.07, 6.45) is 0. The van der Waals surface area contributed by atoms with Crippen molar-refractivity contribution in [2.45, 2.75) is 5.41 Å². The Hall–Kier alpha value is -7.17. The van der Waals surface area contributed by atoms with Crippen molar-refractivity contribution in [2.75, 3.05) is 0 Å².